The van der Waals surface area contributed by atoms with Crippen LogP contribution in [0.1, 0.15) is 18.6 Å². The van der Waals surface area contributed by atoms with Gasteiger partial charge in [0.25, 0.3) is 0 Å². The third-order valence-electron chi connectivity index (χ3n) is 1.84. The van der Waals surface area contributed by atoms with Gasteiger partial charge in [0.1, 0.15) is 6.10 Å². The van der Waals surface area contributed by atoms with Gasteiger partial charge in [-0.15, -0.1) is 0 Å². The Hall–Kier alpha value is -1.09. The first-order valence-electron chi connectivity index (χ1n) is 3.61. The molecular weight excluding hydrogens is 142 g/mol. The van der Waals surface area contributed by atoms with Crippen molar-refractivity contribution < 1.29 is 9.47 Å². The molecule has 1 aromatic rings. The summed E-state index contributed by atoms with van der Waals surface area (Å²) >= 11 is 0. The van der Waals surface area contributed by atoms with E-state index < -0.39 is 0 Å². The average molecular weight is 151 g/mol. The first-order chi connectivity index (χ1) is 5.27. The Kier molecular flexibility index (Phi) is 1.32. The van der Waals surface area contributed by atoms with Crippen LogP contribution < -0.4 is 4.73 Å². The molecule has 0 aromatic carbocycles. The quantitative estimate of drug-likeness (QED) is 0.338. The van der Waals surface area contributed by atoms with Crippen molar-refractivity contribution in [1.29, 1.82) is 0 Å². The van der Waals surface area contributed by atoms with Crippen molar-refractivity contribution in [2.45, 2.75) is 19.1 Å². The van der Waals surface area contributed by atoms with E-state index in [2.05, 4.69) is 0 Å². The Bertz CT molecular complexity index is 275. The zero-order valence-electron chi connectivity index (χ0n) is 6.23. The Balaban J connectivity index is 2.25. The third kappa shape index (κ3) is 1.19. The van der Waals surface area contributed by atoms with E-state index in [-0.39, 0.29) is 12.2 Å². The predicted octanol–water partition coefficient (Wildman–Crippen LogP) is 0.780. The molecule has 0 unspecified atom stereocenters. The van der Waals surface area contributed by atoms with E-state index >= 15 is 0 Å². The molecule has 0 aliphatic carbocycles. The van der Waals surface area contributed by atoms with Crippen LogP contribution >= 0.6 is 0 Å². The van der Waals surface area contributed by atoms with Gasteiger partial charge in [-0.05, 0) is 13.0 Å². The van der Waals surface area contributed by atoms with Crippen LogP contribution in [0.25, 0.3) is 0 Å². The lowest BCUT2D eigenvalue weighted by molar-refractivity contribution is -0.605. The molecule has 2 heterocycles. The molecule has 58 valence electrons. The fourth-order valence-electron chi connectivity index (χ4n) is 1.18. The highest BCUT2D eigenvalue weighted by molar-refractivity contribution is 5.15. The standard InChI is InChI=1S/C8H9NO2/c1-6-8(11-6)7-3-2-4-9(10)5-7/h2-6,8H,1H3/t6-,8+/m0/s1. The van der Waals surface area contributed by atoms with Gasteiger partial charge >= 0.3 is 0 Å². The van der Waals surface area contributed by atoms with Gasteiger partial charge in [0.15, 0.2) is 12.4 Å². The van der Waals surface area contributed by atoms with Crippen LogP contribution in [0.4, 0.5) is 0 Å². The summed E-state index contributed by atoms with van der Waals surface area (Å²) in [6, 6.07) is 3.64. The molecule has 1 aromatic heterocycles. The van der Waals surface area contributed by atoms with Gasteiger partial charge in [-0.3, -0.25) is 0 Å². The molecule has 1 fully saturated rings. The van der Waals surface area contributed by atoms with E-state index in [1.165, 1.54) is 6.20 Å². The van der Waals surface area contributed by atoms with Crippen LogP contribution in [0.15, 0.2) is 24.5 Å². The minimum absolute atomic E-state index is 0.149. The number of epoxide rings is 1. The third-order valence-corrected chi connectivity index (χ3v) is 1.84. The van der Waals surface area contributed by atoms with Crippen LogP contribution in [0, 0.1) is 5.21 Å². The van der Waals surface area contributed by atoms with E-state index in [1.807, 2.05) is 13.0 Å². The zero-order chi connectivity index (χ0) is 7.84. The number of pyridine rings is 1. The van der Waals surface area contributed by atoms with E-state index in [9.17, 15) is 5.21 Å². The topological polar surface area (TPSA) is 39.5 Å². The van der Waals surface area contributed by atoms with Crippen LogP contribution in [0.5, 0.6) is 0 Å². The van der Waals surface area contributed by atoms with Crippen molar-refractivity contribution in [3.05, 3.63) is 35.3 Å². The van der Waals surface area contributed by atoms with Gasteiger partial charge in [-0.25, -0.2) is 0 Å². The lowest BCUT2D eigenvalue weighted by Crippen LogP contribution is -2.24. The van der Waals surface area contributed by atoms with Gasteiger partial charge < -0.3 is 9.94 Å². The second-order valence-electron chi connectivity index (χ2n) is 2.76. The smallest absolute Gasteiger partial charge is 0.186 e. The summed E-state index contributed by atoms with van der Waals surface area (Å²) in [6.45, 7) is 1.99. The highest BCUT2D eigenvalue weighted by Crippen LogP contribution is 2.37. The maximum atomic E-state index is 10.8. The fraction of sp³-hybridized carbons (Fsp3) is 0.375. The van der Waals surface area contributed by atoms with E-state index in [4.69, 9.17) is 4.74 Å². The highest BCUT2D eigenvalue weighted by Gasteiger charge is 2.36. The Morgan fingerprint density at radius 2 is 2.36 bits per heavy atom. The molecule has 3 heteroatoms. The first-order valence-corrected chi connectivity index (χ1v) is 3.61. The summed E-state index contributed by atoms with van der Waals surface area (Å²) in [6.07, 6.45) is 3.44. The zero-order valence-corrected chi connectivity index (χ0v) is 6.23. The number of nitrogens with zero attached hydrogens (tertiary/aromatic N) is 1. The molecule has 0 amide bonds. The number of aromatic nitrogens is 1. The minimum Gasteiger partial charge on any atom is -0.619 e. The molecule has 3 nitrogen and oxygen atoms in total. The average Bonchev–Trinajstić information content (AvgIpc) is 2.67. The summed E-state index contributed by atoms with van der Waals surface area (Å²) < 4.78 is 6.00. The van der Waals surface area contributed by atoms with E-state index in [0.29, 0.717) is 0 Å². The van der Waals surface area contributed by atoms with Gasteiger partial charge in [0, 0.05) is 11.6 Å². The number of hydrogen-bond acceptors (Lipinski definition) is 2. The molecule has 0 radical (unpaired) electrons. The first kappa shape index (κ1) is 6.61. The van der Waals surface area contributed by atoms with Gasteiger partial charge in [-0.1, -0.05) is 0 Å². The predicted molar refractivity (Wildman–Crippen MR) is 38.7 cm³/mol. The minimum atomic E-state index is 0.149. The molecule has 2 atom stereocenters. The normalized spacial score (nSPS) is 28.5. The Morgan fingerprint density at radius 3 is 2.91 bits per heavy atom. The van der Waals surface area contributed by atoms with Gasteiger partial charge in [-0.2, -0.15) is 4.73 Å². The SMILES string of the molecule is C[C@@H]1O[C@H]1c1ccc[n+]([O-])c1. The highest BCUT2D eigenvalue weighted by atomic mass is 16.6. The number of hydrogen-bond donors (Lipinski definition) is 0. The van der Waals surface area contributed by atoms with Crippen molar-refractivity contribution in [2.24, 2.45) is 0 Å². The molecule has 0 bridgehead atoms. The van der Waals surface area contributed by atoms with Crippen LogP contribution in [0.3, 0.4) is 0 Å². The van der Waals surface area contributed by atoms with Crippen molar-refractivity contribution >= 4 is 0 Å². The molecule has 1 saturated heterocycles. The summed E-state index contributed by atoms with van der Waals surface area (Å²) in [5.74, 6) is 0. The lowest BCUT2D eigenvalue weighted by atomic mass is 10.2. The molecule has 1 aliphatic heterocycles. The van der Waals surface area contributed by atoms with Crippen LogP contribution in [0.2, 0.25) is 0 Å². The molecule has 0 N–H and O–H groups in total. The maximum absolute atomic E-state index is 10.8. The summed E-state index contributed by atoms with van der Waals surface area (Å²) in [5, 5.41) is 10.8. The number of ether oxygens (including phenoxy) is 1. The molecule has 2 rings (SSSR count). The van der Waals surface area contributed by atoms with Crippen molar-refractivity contribution in [3.8, 4) is 0 Å². The molecule has 11 heavy (non-hydrogen) atoms. The largest absolute Gasteiger partial charge is 0.619 e. The maximum Gasteiger partial charge on any atom is 0.186 e. The van der Waals surface area contributed by atoms with Gasteiger partial charge in [0.2, 0.25) is 0 Å². The van der Waals surface area contributed by atoms with Crippen molar-refractivity contribution in [2.75, 3.05) is 0 Å². The Labute approximate surface area is 64.8 Å². The van der Waals surface area contributed by atoms with Crippen molar-refractivity contribution in [3.63, 3.8) is 0 Å². The Morgan fingerprint density at radius 1 is 1.64 bits per heavy atom. The molecule has 0 saturated carbocycles. The second-order valence-corrected chi connectivity index (χ2v) is 2.76. The number of rotatable bonds is 1. The second kappa shape index (κ2) is 2.20. The van der Waals surface area contributed by atoms with E-state index in [1.54, 1.807) is 12.3 Å². The summed E-state index contributed by atoms with van der Waals surface area (Å²) in [5.41, 5.74) is 0.968. The van der Waals surface area contributed by atoms with Crippen molar-refractivity contribution in [1.82, 2.24) is 0 Å². The summed E-state index contributed by atoms with van der Waals surface area (Å²) in [4.78, 5) is 0. The molecular formula is C8H9NO2. The van der Waals surface area contributed by atoms with E-state index in [0.717, 1.165) is 10.3 Å². The fourth-order valence-corrected chi connectivity index (χ4v) is 1.18. The summed E-state index contributed by atoms with van der Waals surface area (Å²) in [7, 11) is 0. The monoisotopic (exact) mass is 151 g/mol. The molecule has 1 aliphatic rings. The van der Waals surface area contributed by atoms with Crippen LogP contribution in [-0.2, 0) is 4.74 Å². The molecule has 0 spiro atoms. The lowest BCUT2D eigenvalue weighted by Gasteiger charge is -1.95. The van der Waals surface area contributed by atoms with Crippen LogP contribution in [-0.4, -0.2) is 6.10 Å². The van der Waals surface area contributed by atoms with Gasteiger partial charge in [0.05, 0.1) is 6.10 Å².